The quantitative estimate of drug-likeness (QED) is 0.880. The molecule has 0 aliphatic rings. The molecule has 2 aromatic rings. The number of hydrogen-bond acceptors (Lipinski definition) is 7. The summed E-state index contributed by atoms with van der Waals surface area (Å²) in [6, 6.07) is 0. The van der Waals surface area contributed by atoms with Gasteiger partial charge in [-0.05, 0) is 13.3 Å². The van der Waals surface area contributed by atoms with Gasteiger partial charge in [0.05, 0.1) is 24.4 Å². The Hall–Kier alpha value is -1.89. The van der Waals surface area contributed by atoms with Crippen molar-refractivity contribution in [2.45, 2.75) is 26.8 Å². The summed E-state index contributed by atoms with van der Waals surface area (Å²) < 4.78 is 5.52. The molecular formula is C13H19N5OS. The van der Waals surface area contributed by atoms with E-state index in [0.717, 1.165) is 12.1 Å². The van der Waals surface area contributed by atoms with Gasteiger partial charge in [-0.3, -0.25) is 0 Å². The zero-order valence-electron chi connectivity index (χ0n) is 12.0. The molecule has 0 amide bonds. The molecule has 0 atom stereocenters. The molecule has 0 spiro atoms. The van der Waals surface area contributed by atoms with E-state index >= 15 is 0 Å². The zero-order chi connectivity index (χ0) is 14.5. The average Bonchev–Trinajstić information content (AvgIpc) is 2.83. The molecule has 0 fully saturated rings. The Kier molecular flexibility index (Phi) is 4.73. The maximum absolute atomic E-state index is 6.09. The van der Waals surface area contributed by atoms with E-state index in [9.17, 15) is 0 Å². The lowest BCUT2D eigenvalue weighted by molar-refractivity contribution is 0.306. The van der Waals surface area contributed by atoms with Gasteiger partial charge in [0.1, 0.15) is 12.0 Å². The topological polar surface area (TPSA) is 77.2 Å². The SMILES string of the molecule is CCCOc1ncnc(N(C)Cc2scnc2C)c1N. The van der Waals surface area contributed by atoms with Crippen molar-refractivity contribution in [3.63, 3.8) is 0 Å². The first kappa shape index (κ1) is 14.5. The summed E-state index contributed by atoms with van der Waals surface area (Å²) in [5.41, 5.74) is 9.45. The average molecular weight is 293 g/mol. The number of aryl methyl sites for hydroxylation is 1. The van der Waals surface area contributed by atoms with Crippen LogP contribution < -0.4 is 15.4 Å². The summed E-state index contributed by atoms with van der Waals surface area (Å²) in [5, 5.41) is 0. The van der Waals surface area contributed by atoms with E-state index in [4.69, 9.17) is 10.5 Å². The Bertz CT molecular complexity index is 572. The van der Waals surface area contributed by atoms with Crippen LogP contribution in [-0.2, 0) is 6.54 Å². The Morgan fingerprint density at radius 1 is 1.35 bits per heavy atom. The van der Waals surface area contributed by atoms with Gasteiger partial charge in [0.2, 0.25) is 5.88 Å². The van der Waals surface area contributed by atoms with Crippen LogP contribution in [0.15, 0.2) is 11.8 Å². The lowest BCUT2D eigenvalue weighted by Crippen LogP contribution is -2.20. The molecule has 0 aromatic carbocycles. The number of rotatable bonds is 6. The second-order valence-corrected chi connectivity index (χ2v) is 5.42. The second-order valence-electron chi connectivity index (χ2n) is 4.48. The predicted molar refractivity (Wildman–Crippen MR) is 81.2 cm³/mol. The van der Waals surface area contributed by atoms with Crippen LogP contribution >= 0.6 is 11.3 Å². The first-order valence-electron chi connectivity index (χ1n) is 6.46. The molecule has 7 heteroatoms. The van der Waals surface area contributed by atoms with E-state index in [2.05, 4.69) is 15.0 Å². The van der Waals surface area contributed by atoms with Crippen molar-refractivity contribution in [1.82, 2.24) is 15.0 Å². The van der Waals surface area contributed by atoms with Crippen molar-refractivity contribution < 1.29 is 4.74 Å². The van der Waals surface area contributed by atoms with Crippen molar-refractivity contribution >= 4 is 22.8 Å². The second kappa shape index (κ2) is 6.51. The zero-order valence-corrected chi connectivity index (χ0v) is 12.8. The highest BCUT2D eigenvalue weighted by Gasteiger charge is 2.14. The Labute approximate surface area is 122 Å². The van der Waals surface area contributed by atoms with Gasteiger partial charge in [0, 0.05) is 11.9 Å². The maximum Gasteiger partial charge on any atom is 0.242 e. The Morgan fingerprint density at radius 3 is 2.80 bits per heavy atom. The van der Waals surface area contributed by atoms with E-state index in [0.29, 0.717) is 30.5 Å². The normalized spacial score (nSPS) is 10.6. The van der Waals surface area contributed by atoms with E-state index in [-0.39, 0.29) is 0 Å². The van der Waals surface area contributed by atoms with Crippen molar-refractivity contribution in [3.8, 4) is 5.88 Å². The minimum atomic E-state index is 0.449. The van der Waals surface area contributed by atoms with Crippen LogP contribution in [0.3, 0.4) is 0 Å². The van der Waals surface area contributed by atoms with Gasteiger partial charge < -0.3 is 15.4 Å². The van der Waals surface area contributed by atoms with E-state index < -0.39 is 0 Å². The van der Waals surface area contributed by atoms with Crippen LogP contribution in [0.5, 0.6) is 5.88 Å². The van der Waals surface area contributed by atoms with Gasteiger partial charge in [-0.15, -0.1) is 11.3 Å². The summed E-state index contributed by atoms with van der Waals surface area (Å²) in [6.45, 7) is 5.35. The van der Waals surface area contributed by atoms with Crippen LogP contribution in [0, 0.1) is 6.92 Å². The number of thiazole rings is 1. The summed E-state index contributed by atoms with van der Waals surface area (Å²) >= 11 is 1.63. The van der Waals surface area contributed by atoms with Crippen molar-refractivity contribution in [2.75, 3.05) is 24.3 Å². The number of nitrogens with two attached hydrogens (primary N) is 1. The van der Waals surface area contributed by atoms with E-state index in [1.54, 1.807) is 11.3 Å². The molecule has 0 saturated carbocycles. The third-order valence-electron chi connectivity index (χ3n) is 2.86. The number of aromatic nitrogens is 3. The van der Waals surface area contributed by atoms with Gasteiger partial charge in [-0.1, -0.05) is 6.92 Å². The largest absolute Gasteiger partial charge is 0.476 e. The van der Waals surface area contributed by atoms with Crippen LogP contribution in [0.2, 0.25) is 0 Å². The Morgan fingerprint density at radius 2 is 2.15 bits per heavy atom. The summed E-state index contributed by atoms with van der Waals surface area (Å²) in [6.07, 6.45) is 2.39. The minimum Gasteiger partial charge on any atom is -0.476 e. The third kappa shape index (κ3) is 3.16. The molecule has 0 saturated heterocycles. The van der Waals surface area contributed by atoms with Gasteiger partial charge in [0.15, 0.2) is 5.82 Å². The smallest absolute Gasteiger partial charge is 0.242 e. The standard InChI is InChI=1S/C13H19N5OS/c1-4-5-19-13-11(14)12(15-7-16-13)18(3)6-10-9(2)17-8-20-10/h7-8H,4-6,14H2,1-3H3. The molecule has 0 aliphatic heterocycles. The first-order valence-corrected chi connectivity index (χ1v) is 7.34. The van der Waals surface area contributed by atoms with Gasteiger partial charge in [-0.25, -0.2) is 9.97 Å². The molecule has 108 valence electrons. The monoisotopic (exact) mass is 293 g/mol. The van der Waals surface area contributed by atoms with Crippen molar-refractivity contribution in [3.05, 3.63) is 22.4 Å². The fraction of sp³-hybridized carbons (Fsp3) is 0.462. The molecule has 0 bridgehead atoms. The molecule has 0 radical (unpaired) electrons. The van der Waals surface area contributed by atoms with Crippen molar-refractivity contribution in [2.24, 2.45) is 0 Å². The molecule has 2 aromatic heterocycles. The number of nitrogen functional groups attached to an aromatic ring is 1. The number of hydrogen-bond donors (Lipinski definition) is 1. The Balaban J connectivity index is 2.17. The predicted octanol–water partition coefficient (Wildman–Crippen LogP) is 2.25. The highest BCUT2D eigenvalue weighted by molar-refractivity contribution is 7.09. The van der Waals surface area contributed by atoms with Crippen molar-refractivity contribution in [1.29, 1.82) is 0 Å². The molecule has 2 heterocycles. The fourth-order valence-electron chi connectivity index (χ4n) is 1.76. The summed E-state index contributed by atoms with van der Waals surface area (Å²) in [7, 11) is 1.95. The number of nitrogens with zero attached hydrogens (tertiary/aromatic N) is 4. The first-order chi connectivity index (χ1) is 9.63. The highest BCUT2D eigenvalue weighted by atomic mass is 32.1. The molecule has 0 unspecified atom stereocenters. The molecule has 0 aliphatic carbocycles. The lowest BCUT2D eigenvalue weighted by Gasteiger charge is -2.20. The highest BCUT2D eigenvalue weighted by Crippen LogP contribution is 2.28. The van der Waals surface area contributed by atoms with Crippen LogP contribution in [0.1, 0.15) is 23.9 Å². The summed E-state index contributed by atoms with van der Waals surface area (Å²) in [5.74, 6) is 1.13. The lowest BCUT2D eigenvalue weighted by atomic mass is 10.3. The van der Waals surface area contributed by atoms with Gasteiger partial charge >= 0.3 is 0 Å². The number of ether oxygens (including phenoxy) is 1. The molecule has 20 heavy (non-hydrogen) atoms. The molecule has 2 N–H and O–H groups in total. The minimum absolute atomic E-state index is 0.449. The van der Waals surface area contributed by atoms with Crippen LogP contribution in [0.4, 0.5) is 11.5 Å². The van der Waals surface area contributed by atoms with E-state index in [1.807, 2.05) is 31.3 Å². The summed E-state index contributed by atoms with van der Waals surface area (Å²) in [4.78, 5) is 15.8. The third-order valence-corrected chi connectivity index (χ3v) is 3.78. The number of anilines is 2. The van der Waals surface area contributed by atoms with Crippen LogP contribution in [-0.4, -0.2) is 28.6 Å². The van der Waals surface area contributed by atoms with Gasteiger partial charge in [0.25, 0.3) is 0 Å². The fourth-order valence-corrected chi connectivity index (χ4v) is 2.59. The molecular weight excluding hydrogens is 274 g/mol. The van der Waals surface area contributed by atoms with Crippen LogP contribution in [0.25, 0.3) is 0 Å². The molecule has 6 nitrogen and oxygen atoms in total. The molecule has 2 rings (SSSR count). The van der Waals surface area contributed by atoms with E-state index in [1.165, 1.54) is 11.2 Å². The van der Waals surface area contributed by atoms with Gasteiger partial charge in [-0.2, -0.15) is 4.98 Å². The maximum atomic E-state index is 6.09.